The molecule has 0 saturated carbocycles. The maximum absolute atomic E-state index is 12.9. The Hall–Kier alpha value is -3.08. The van der Waals surface area contributed by atoms with Gasteiger partial charge in [0.25, 0.3) is 5.56 Å². The van der Waals surface area contributed by atoms with Crippen LogP contribution >= 0.6 is 0 Å². The first-order valence-corrected chi connectivity index (χ1v) is 8.84. The highest BCUT2D eigenvalue weighted by Crippen LogP contribution is 2.27. The number of hydrogen-bond acceptors (Lipinski definition) is 5. The van der Waals surface area contributed by atoms with E-state index in [4.69, 9.17) is 4.74 Å². The van der Waals surface area contributed by atoms with Gasteiger partial charge in [0.2, 0.25) is 0 Å². The van der Waals surface area contributed by atoms with Gasteiger partial charge in [-0.25, -0.2) is 14.3 Å². The fourth-order valence-corrected chi connectivity index (χ4v) is 3.07. The molecule has 2 aromatic rings. The minimum absolute atomic E-state index is 0.0674. The number of nitriles is 1. The topological polar surface area (TPSA) is 103 Å². The molecule has 0 unspecified atom stereocenters. The van der Waals surface area contributed by atoms with Crippen LogP contribution in [0.4, 0.5) is 4.79 Å². The zero-order valence-electron chi connectivity index (χ0n) is 16.2. The van der Waals surface area contributed by atoms with Crippen molar-refractivity contribution < 1.29 is 9.53 Å². The van der Waals surface area contributed by atoms with Crippen molar-refractivity contribution >= 4 is 17.3 Å². The van der Waals surface area contributed by atoms with Crippen molar-refractivity contribution in [2.75, 3.05) is 13.1 Å². The number of H-pyrrole nitrogens is 1. The molecule has 0 fully saturated rings. The Morgan fingerprint density at radius 1 is 1.41 bits per heavy atom. The SMILES string of the molecule is CC(C)c1c(C2=CCN(C(=O)OC(C)(C)C)C2)nc2c(C#N)c[nH]n2c1=O. The van der Waals surface area contributed by atoms with Crippen molar-refractivity contribution in [3.05, 3.63) is 39.4 Å². The van der Waals surface area contributed by atoms with Crippen LogP contribution in [0.15, 0.2) is 17.1 Å². The lowest BCUT2D eigenvalue weighted by atomic mass is 9.98. The smallest absolute Gasteiger partial charge is 0.410 e. The summed E-state index contributed by atoms with van der Waals surface area (Å²) >= 11 is 0. The first kappa shape index (κ1) is 18.7. The van der Waals surface area contributed by atoms with Crippen LogP contribution in [0.1, 0.15) is 57.4 Å². The monoisotopic (exact) mass is 369 g/mol. The third-order valence-electron chi connectivity index (χ3n) is 4.27. The van der Waals surface area contributed by atoms with Crippen LogP contribution in [0, 0.1) is 11.3 Å². The Labute approximate surface area is 157 Å². The fourth-order valence-electron chi connectivity index (χ4n) is 3.07. The van der Waals surface area contributed by atoms with Crippen LogP contribution < -0.4 is 5.56 Å². The maximum atomic E-state index is 12.9. The van der Waals surface area contributed by atoms with Crippen LogP contribution in [0.3, 0.4) is 0 Å². The number of aromatic nitrogens is 3. The number of nitrogens with one attached hydrogen (secondary N) is 1. The second-order valence-electron chi connectivity index (χ2n) is 7.88. The van der Waals surface area contributed by atoms with E-state index in [0.29, 0.717) is 35.6 Å². The summed E-state index contributed by atoms with van der Waals surface area (Å²) in [6, 6.07) is 2.04. The molecule has 8 nitrogen and oxygen atoms in total. The van der Waals surface area contributed by atoms with Crippen LogP contribution in [0.2, 0.25) is 0 Å². The van der Waals surface area contributed by atoms with Crippen molar-refractivity contribution in [3.8, 4) is 6.07 Å². The Balaban J connectivity index is 2.02. The molecule has 0 aliphatic carbocycles. The van der Waals surface area contributed by atoms with E-state index in [1.165, 1.54) is 10.7 Å². The van der Waals surface area contributed by atoms with Gasteiger partial charge in [-0.15, -0.1) is 0 Å². The quantitative estimate of drug-likeness (QED) is 0.876. The number of ether oxygens (including phenoxy) is 1. The maximum Gasteiger partial charge on any atom is 0.410 e. The predicted octanol–water partition coefficient (Wildman–Crippen LogP) is 2.65. The number of fused-ring (bicyclic) bond motifs is 1. The van der Waals surface area contributed by atoms with E-state index in [-0.39, 0.29) is 11.5 Å². The number of rotatable bonds is 2. The Morgan fingerprint density at radius 3 is 2.70 bits per heavy atom. The molecule has 8 heteroatoms. The minimum atomic E-state index is -0.578. The van der Waals surface area contributed by atoms with E-state index in [1.54, 1.807) is 4.90 Å². The molecule has 1 aliphatic rings. The van der Waals surface area contributed by atoms with Gasteiger partial charge >= 0.3 is 6.09 Å². The van der Waals surface area contributed by atoms with Crippen molar-refractivity contribution in [2.24, 2.45) is 0 Å². The van der Waals surface area contributed by atoms with E-state index >= 15 is 0 Å². The Bertz CT molecular complexity index is 1030. The summed E-state index contributed by atoms with van der Waals surface area (Å²) in [6.45, 7) is 9.99. The van der Waals surface area contributed by atoms with Gasteiger partial charge in [-0.3, -0.25) is 9.89 Å². The number of nitrogens with zero attached hydrogens (tertiary/aromatic N) is 4. The van der Waals surface area contributed by atoms with Crippen LogP contribution in [-0.4, -0.2) is 44.3 Å². The van der Waals surface area contributed by atoms with E-state index in [1.807, 2.05) is 46.8 Å². The van der Waals surface area contributed by atoms with Gasteiger partial charge < -0.3 is 9.64 Å². The molecule has 3 rings (SSSR count). The average Bonchev–Trinajstić information content (AvgIpc) is 3.19. The first-order chi connectivity index (χ1) is 12.6. The van der Waals surface area contributed by atoms with E-state index in [9.17, 15) is 14.9 Å². The molecule has 2 aromatic heterocycles. The van der Waals surface area contributed by atoms with Gasteiger partial charge in [0.1, 0.15) is 17.2 Å². The zero-order chi connectivity index (χ0) is 19.9. The Morgan fingerprint density at radius 2 is 2.11 bits per heavy atom. The molecule has 0 radical (unpaired) electrons. The summed E-state index contributed by atoms with van der Waals surface area (Å²) in [5.74, 6) is -0.0674. The highest BCUT2D eigenvalue weighted by atomic mass is 16.6. The third kappa shape index (κ3) is 3.45. The minimum Gasteiger partial charge on any atom is -0.444 e. The van der Waals surface area contributed by atoms with Crippen molar-refractivity contribution in [1.29, 1.82) is 5.26 Å². The summed E-state index contributed by atoms with van der Waals surface area (Å²) in [6.07, 6.45) is 2.94. The van der Waals surface area contributed by atoms with Crippen LogP contribution in [-0.2, 0) is 4.74 Å². The summed E-state index contributed by atoms with van der Waals surface area (Å²) in [4.78, 5) is 31.4. The summed E-state index contributed by atoms with van der Waals surface area (Å²) in [5.41, 5.74) is 1.65. The summed E-state index contributed by atoms with van der Waals surface area (Å²) in [5, 5.41) is 12.1. The van der Waals surface area contributed by atoms with Gasteiger partial charge in [0.05, 0.1) is 12.2 Å². The summed E-state index contributed by atoms with van der Waals surface area (Å²) < 4.78 is 6.71. The van der Waals surface area contributed by atoms with Gasteiger partial charge in [0.15, 0.2) is 5.65 Å². The standard InChI is InChI=1S/C19H23N5O3/c1-11(2)14-15(22-16-13(8-20)9-21-24(16)17(14)25)12-6-7-23(10-12)18(26)27-19(3,4)5/h6,9,11,21H,7,10H2,1-5H3. The highest BCUT2D eigenvalue weighted by molar-refractivity contribution is 5.78. The van der Waals surface area contributed by atoms with Gasteiger partial charge in [-0.1, -0.05) is 19.9 Å². The molecule has 0 bridgehead atoms. The third-order valence-corrected chi connectivity index (χ3v) is 4.27. The lowest BCUT2D eigenvalue weighted by Crippen LogP contribution is -2.35. The fraction of sp³-hybridized carbons (Fsp3) is 0.474. The predicted molar refractivity (Wildman–Crippen MR) is 100 cm³/mol. The highest BCUT2D eigenvalue weighted by Gasteiger charge is 2.29. The number of carbonyl (C=O) groups excluding carboxylic acids is 1. The summed E-state index contributed by atoms with van der Waals surface area (Å²) in [7, 11) is 0. The normalized spacial score (nSPS) is 14.6. The average molecular weight is 369 g/mol. The number of hydrogen-bond donors (Lipinski definition) is 1. The largest absolute Gasteiger partial charge is 0.444 e. The molecule has 142 valence electrons. The molecular formula is C19H23N5O3. The lowest BCUT2D eigenvalue weighted by molar-refractivity contribution is 0.0306. The second-order valence-corrected chi connectivity index (χ2v) is 7.88. The molecule has 3 heterocycles. The van der Waals surface area contributed by atoms with Gasteiger partial charge in [0, 0.05) is 18.3 Å². The molecular weight excluding hydrogens is 346 g/mol. The first-order valence-electron chi connectivity index (χ1n) is 8.84. The van der Waals surface area contributed by atoms with Crippen molar-refractivity contribution in [3.63, 3.8) is 0 Å². The molecule has 0 saturated heterocycles. The molecule has 0 spiro atoms. The zero-order valence-corrected chi connectivity index (χ0v) is 16.2. The number of carbonyl (C=O) groups is 1. The molecule has 27 heavy (non-hydrogen) atoms. The lowest BCUT2D eigenvalue weighted by Gasteiger charge is -2.24. The van der Waals surface area contributed by atoms with E-state index in [2.05, 4.69) is 10.1 Å². The van der Waals surface area contributed by atoms with Crippen molar-refractivity contribution in [1.82, 2.24) is 19.5 Å². The van der Waals surface area contributed by atoms with Gasteiger partial charge in [-0.05, 0) is 32.3 Å². The number of aromatic amines is 1. The molecule has 0 aromatic carbocycles. The van der Waals surface area contributed by atoms with Gasteiger partial charge in [-0.2, -0.15) is 5.26 Å². The number of amides is 1. The van der Waals surface area contributed by atoms with Crippen LogP contribution in [0.5, 0.6) is 0 Å². The Kier molecular flexibility index (Phi) is 4.56. The molecule has 0 atom stereocenters. The molecule has 1 amide bonds. The van der Waals surface area contributed by atoms with Crippen molar-refractivity contribution in [2.45, 2.75) is 46.1 Å². The van der Waals surface area contributed by atoms with Crippen LogP contribution in [0.25, 0.3) is 11.2 Å². The molecule has 1 aliphatic heterocycles. The second kappa shape index (κ2) is 6.58. The molecule has 1 N–H and O–H groups in total. The van der Waals surface area contributed by atoms with E-state index < -0.39 is 11.7 Å². The van der Waals surface area contributed by atoms with E-state index in [0.717, 1.165) is 5.57 Å².